The summed E-state index contributed by atoms with van der Waals surface area (Å²) in [4.78, 5) is 18.3. The molecule has 0 amide bonds. The number of H-pyrrole nitrogens is 1. The lowest BCUT2D eigenvalue weighted by Gasteiger charge is -2.37. The maximum atomic E-state index is 13.0. The third-order valence-electron chi connectivity index (χ3n) is 6.79. The first kappa shape index (κ1) is 22.5. The van der Waals surface area contributed by atoms with Crippen LogP contribution in [-0.4, -0.2) is 21.0 Å². The number of nitrogens with one attached hydrogen (secondary N) is 2. The van der Waals surface area contributed by atoms with E-state index in [0.717, 1.165) is 34.4 Å². The Labute approximate surface area is 196 Å². The summed E-state index contributed by atoms with van der Waals surface area (Å²) in [6, 6.07) is 17.1. The van der Waals surface area contributed by atoms with E-state index >= 15 is 0 Å². The summed E-state index contributed by atoms with van der Waals surface area (Å²) in [5.74, 6) is 0. The molecule has 3 aromatic rings. The van der Waals surface area contributed by atoms with Crippen molar-refractivity contribution in [3.8, 4) is 0 Å². The molecule has 1 aliphatic rings. The summed E-state index contributed by atoms with van der Waals surface area (Å²) in [6.45, 7) is 6.84. The Morgan fingerprint density at radius 3 is 2.50 bits per heavy atom. The van der Waals surface area contributed by atoms with Gasteiger partial charge in [-0.25, -0.2) is 0 Å². The quantitative estimate of drug-likeness (QED) is 0.477. The molecular weight excluding hydrogens is 414 g/mol. The molecule has 1 aliphatic carbocycles. The molecule has 4 nitrogen and oxygen atoms in total. The third-order valence-corrected chi connectivity index (χ3v) is 7.14. The predicted molar refractivity (Wildman–Crippen MR) is 137 cm³/mol. The molecule has 1 aromatic heterocycles. The highest BCUT2D eigenvalue weighted by Gasteiger charge is 2.25. The van der Waals surface area contributed by atoms with Crippen LogP contribution in [0.3, 0.4) is 0 Å². The van der Waals surface area contributed by atoms with Crippen molar-refractivity contribution in [1.29, 1.82) is 0 Å². The van der Waals surface area contributed by atoms with E-state index in [9.17, 15) is 4.79 Å². The molecule has 0 unspecified atom stereocenters. The lowest BCUT2D eigenvalue weighted by Crippen LogP contribution is -2.47. The van der Waals surface area contributed by atoms with Gasteiger partial charge in [-0.2, -0.15) is 0 Å². The number of aromatic amines is 1. The van der Waals surface area contributed by atoms with Crippen LogP contribution in [0.1, 0.15) is 67.3 Å². The zero-order valence-corrected chi connectivity index (χ0v) is 20.1. The van der Waals surface area contributed by atoms with E-state index in [0.29, 0.717) is 12.6 Å². The van der Waals surface area contributed by atoms with Gasteiger partial charge in [0.15, 0.2) is 5.11 Å². The fraction of sp³-hybridized carbons (Fsp3) is 0.407. The van der Waals surface area contributed by atoms with Crippen LogP contribution in [0.4, 0.5) is 0 Å². The summed E-state index contributed by atoms with van der Waals surface area (Å²) in [5.41, 5.74) is 5.25. The first-order valence-corrected chi connectivity index (χ1v) is 12.1. The molecule has 4 rings (SSSR count). The number of aryl methyl sites for hydroxylation is 2. The van der Waals surface area contributed by atoms with Crippen molar-refractivity contribution >= 4 is 28.2 Å². The highest BCUT2D eigenvalue weighted by molar-refractivity contribution is 7.80. The van der Waals surface area contributed by atoms with Gasteiger partial charge in [0, 0.05) is 17.1 Å². The highest BCUT2D eigenvalue weighted by Crippen LogP contribution is 2.25. The molecule has 0 radical (unpaired) electrons. The molecule has 1 heterocycles. The smallest absolute Gasteiger partial charge is 0.253 e. The minimum Gasteiger partial charge on any atom is -0.356 e. The van der Waals surface area contributed by atoms with Gasteiger partial charge in [-0.3, -0.25) is 4.79 Å². The minimum atomic E-state index is -0.0273. The Morgan fingerprint density at radius 1 is 1.09 bits per heavy atom. The molecule has 1 fully saturated rings. The van der Waals surface area contributed by atoms with Crippen LogP contribution < -0.4 is 10.9 Å². The van der Waals surface area contributed by atoms with E-state index in [-0.39, 0.29) is 11.6 Å². The molecule has 1 saturated carbocycles. The van der Waals surface area contributed by atoms with Crippen LogP contribution in [0.25, 0.3) is 10.9 Å². The summed E-state index contributed by atoms with van der Waals surface area (Å²) in [5, 5.41) is 5.33. The lowest BCUT2D eigenvalue weighted by atomic mass is 9.94. The summed E-state index contributed by atoms with van der Waals surface area (Å²) >= 11 is 5.91. The zero-order chi connectivity index (χ0) is 22.7. The number of aromatic nitrogens is 1. The van der Waals surface area contributed by atoms with Gasteiger partial charge in [0.2, 0.25) is 0 Å². The Morgan fingerprint density at radius 2 is 1.78 bits per heavy atom. The first-order chi connectivity index (χ1) is 15.4. The highest BCUT2D eigenvalue weighted by atomic mass is 32.1. The van der Waals surface area contributed by atoms with Gasteiger partial charge in [-0.05, 0) is 86.1 Å². The average molecular weight is 448 g/mol. The van der Waals surface area contributed by atoms with Crippen molar-refractivity contribution < 1.29 is 0 Å². The zero-order valence-electron chi connectivity index (χ0n) is 19.3. The van der Waals surface area contributed by atoms with Gasteiger partial charge in [0.05, 0.1) is 12.6 Å². The Balaban J connectivity index is 1.62. The maximum Gasteiger partial charge on any atom is 0.253 e. The van der Waals surface area contributed by atoms with Crippen molar-refractivity contribution in [2.75, 3.05) is 0 Å². The second-order valence-electron chi connectivity index (χ2n) is 9.15. The number of fused-ring (bicyclic) bond motifs is 1. The fourth-order valence-corrected chi connectivity index (χ4v) is 5.07. The molecule has 0 saturated heterocycles. The monoisotopic (exact) mass is 447 g/mol. The second-order valence-corrected chi connectivity index (χ2v) is 9.54. The van der Waals surface area contributed by atoms with E-state index in [4.69, 9.17) is 12.2 Å². The number of nitrogens with zero attached hydrogens (tertiary/aromatic N) is 1. The molecular formula is C27H33N3OS. The molecule has 1 atom stereocenters. The second kappa shape index (κ2) is 9.86. The SMILES string of the molecule is Cc1cc2cc(CN(C(=S)N[C@H](C)c3ccccc3)C3CCCCC3)c(=O)[nH]c2cc1C. The van der Waals surface area contributed by atoms with Crippen LogP contribution in [0, 0.1) is 13.8 Å². The Kier molecular flexibility index (Phi) is 6.95. The van der Waals surface area contributed by atoms with E-state index in [1.54, 1.807) is 0 Å². The van der Waals surface area contributed by atoms with Crippen LogP contribution in [0.2, 0.25) is 0 Å². The first-order valence-electron chi connectivity index (χ1n) is 11.7. The Hall–Kier alpha value is -2.66. The van der Waals surface area contributed by atoms with Crippen molar-refractivity contribution in [2.24, 2.45) is 0 Å². The molecule has 0 bridgehead atoms. The van der Waals surface area contributed by atoms with Crippen LogP contribution in [0.15, 0.2) is 53.3 Å². The summed E-state index contributed by atoms with van der Waals surface area (Å²) < 4.78 is 0. The van der Waals surface area contributed by atoms with Gasteiger partial charge in [-0.15, -0.1) is 0 Å². The van der Waals surface area contributed by atoms with Crippen molar-refractivity contribution in [3.05, 3.63) is 81.1 Å². The van der Waals surface area contributed by atoms with E-state index < -0.39 is 0 Å². The van der Waals surface area contributed by atoms with Gasteiger partial charge < -0.3 is 15.2 Å². The predicted octanol–water partition coefficient (Wildman–Crippen LogP) is 5.92. The van der Waals surface area contributed by atoms with E-state index in [1.165, 1.54) is 36.0 Å². The van der Waals surface area contributed by atoms with Crippen LogP contribution in [-0.2, 0) is 6.54 Å². The number of benzene rings is 2. The Bertz CT molecular complexity index is 1150. The molecule has 0 aliphatic heterocycles. The van der Waals surface area contributed by atoms with Crippen LogP contribution in [0.5, 0.6) is 0 Å². The third kappa shape index (κ3) is 5.04. The van der Waals surface area contributed by atoms with Crippen molar-refractivity contribution in [3.63, 3.8) is 0 Å². The number of thiocarbonyl (C=S) groups is 1. The van der Waals surface area contributed by atoms with Gasteiger partial charge in [0.25, 0.3) is 5.56 Å². The molecule has 5 heteroatoms. The van der Waals surface area contributed by atoms with Crippen LogP contribution >= 0.6 is 12.2 Å². The lowest BCUT2D eigenvalue weighted by molar-refractivity contribution is 0.233. The molecule has 32 heavy (non-hydrogen) atoms. The minimum absolute atomic E-state index is 0.0273. The summed E-state index contributed by atoms with van der Waals surface area (Å²) in [6.07, 6.45) is 5.94. The van der Waals surface area contributed by atoms with Gasteiger partial charge in [-0.1, -0.05) is 49.6 Å². The number of hydrogen-bond donors (Lipinski definition) is 2. The van der Waals surface area contributed by atoms with E-state index in [1.807, 2.05) is 24.3 Å². The number of rotatable bonds is 5. The van der Waals surface area contributed by atoms with E-state index in [2.05, 4.69) is 60.2 Å². The largest absolute Gasteiger partial charge is 0.356 e. The standard InChI is InChI=1S/C27H33N3OS/c1-18-14-22-16-23(26(31)29-25(22)15-19(18)2)17-30(24-12-8-5-9-13-24)27(32)28-20(3)21-10-6-4-7-11-21/h4,6-7,10-11,14-16,20,24H,5,8-9,12-13,17H2,1-3H3,(H,28,32)(H,29,31)/t20-/m1/s1. The molecule has 2 aromatic carbocycles. The normalized spacial score (nSPS) is 15.5. The number of pyridine rings is 1. The molecule has 2 N–H and O–H groups in total. The number of hydrogen-bond acceptors (Lipinski definition) is 2. The average Bonchev–Trinajstić information content (AvgIpc) is 2.80. The van der Waals surface area contributed by atoms with Gasteiger partial charge >= 0.3 is 0 Å². The molecule has 0 spiro atoms. The fourth-order valence-electron chi connectivity index (χ4n) is 4.68. The summed E-state index contributed by atoms with van der Waals surface area (Å²) in [7, 11) is 0. The van der Waals surface area contributed by atoms with Gasteiger partial charge in [0.1, 0.15) is 0 Å². The maximum absolute atomic E-state index is 13.0. The topological polar surface area (TPSA) is 48.1 Å². The van der Waals surface area contributed by atoms with Crippen molar-refractivity contribution in [2.45, 2.75) is 71.5 Å². The van der Waals surface area contributed by atoms with Crippen molar-refractivity contribution in [1.82, 2.24) is 15.2 Å². The molecule has 168 valence electrons.